The summed E-state index contributed by atoms with van der Waals surface area (Å²) in [6, 6.07) is 3.34. The number of methoxy groups -OCH3 is 2. The second-order valence-corrected chi connectivity index (χ2v) is 4.58. The molecule has 0 aliphatic heterocycles. The molecule has 0 aliphatic rings. The maximum atomic E-state index is 14.3. The van der Waals surface area contributed by atoms with Gasteiger partial charge in [0.15, 0.2) is 0 Å². The average Bonchev–Trinajstić information content (AvgIpc) is 2.31. The summed E-state index contributed by atoms with van der Waals surface area (Å²) in [4.78, 5) is 0. The number of hydrogen-bond acceptors (Lipinski definition) is 3. The lowest BCUT2D eigenvalue weighted by Crippen LogP contribution is -2.24. The van der Waals surface area contributed by atoms with Crippen LogP contribution in [-0.4, -0.2) is 25.9 Å². The van der Waals surface area contributed by atoms with Crippen molar-refractivity contribution in [2.75, 3.05) is 20.8 Å². The van der Waals surface area contributed by atoms with Gasteiger partial charge < -0.3 is 14.6 Å². The molecule has 0 spiro atoms. The smallest absolute Gasteiger partial charge is 0.136 e. The first-order chi connectivity index (χ1) is 7.97. The van der Waals surface area contributed by atoms with E-state index in [1.54, 1.807) is 26.0 Å². The maximum absolute atomic E-state index is 14.3. The topological polar surface area (TPSA) is 38.7 Å². The van der Waals surface area contributed by atoms with Crippen molar-refractivity contribution in [1.29, 1.82) is 0 Å². The summed E-state index contributed by atoms with van der Waals surface area (Å²) < 4.78 is 24.4. The van der Waals surface area contributed by atoms with Crippen molar-refractivity contribution in [3.63, 3.8) is 0 Å². The molecule has 1 aromatic carbocycles. The van der Waals surface area contributed by atoms with Crippen LogP contribution in [0.5, 0.6) is 5.75 Å². The first kappa shape index (κ1) is 13.9. The second kappa shape index (κ2) is 5.47. The third-order valence-corrected chi connectivity index (χ3v) is 2.83. The zero-order valence-corrected chi connectivity index (χ0v) is 10.7. The molecule has 0 heterocycles. The molecule has 96 valence electrons. The molecule has 1 rings (SSSR count). The van der Waals surface area contributed by atoms with Crippen LogP contribution in [0.25, 0.3) is 0 Å². The molecule has 3 nitrogen and oxygen atoms in total. The Balaban J connectivity index is 3.32. The van der Waals surface area contributed by atoms with Gasteiger partial charge in [0, 0.05) is 12.5 Å². The lowest BCUT2D eigenvalue weighted by atomic mass is 9.84. The van der Waals surface area contributed by atoms with Gasteiger partial charge in [-0.15, -0.1) is 0 Å². The summed E-state index contributed by atoms with van der Waals surface area (Å²) in [5, 5.41) is 9.29. The molecule has 0 unspecified atom stereocenters. The van der Waals surface area contributed by atoms with E-state index in [0.717, 1.165) is 0 Å². The maximum Gasteiger partial charge on any atom is 0.136 e. The lowest BCUT2D eigenvalue weighted by Gasteiger charge is -2.24. The number of halogens is 1. The van der Waals surface area contributed by atoms with Gasteiger partial charge in [-0.1, -0.05) is 19.9 Å². The van der Waals surface area contributed by atoms with E-state index in [1.807, 2.05) is 0 Å². The van der Waals surface area contributed by atoms with Gasteiger partial charge in [0.2, 0.25) is 0 Å². The van der Waals surface area contributed by atoms with Gasteiger partial charge in [-0.05, 0) is 11.6 Å². The van der Waals surface area contributed by atoms with Crippen molar-refractivity contribution in [2.24, 2.45) is 0 Å². The highest BCUT2D eigenvalue weighted by molar-refractivity contribution is 5.41. The van der Waals surface area contributed by atoms with Crippen LogP contribution in [0.15, 0.2) is 12.1 Å². The summed E-state index contributed by atoms with van der Waals surface area (Å²) in [6.45, 7) is 3.59. The van der Waals surface area contributed by atoms with Crippen LogP contribution < -0.4 is 4.74 Å². The lowest BCUT2D eigenvalue weighted by molar-refractivity contribution is 0.176. The van der Waals surface area contributed by atoms with Crippen LogP contribution >= 0.6 is 0 Å². The molecular weight excluding hydrogens is 223 g/mol. The molecule has 0 atom stereocenters. The van der Waals surface area contributed by atoms with Crippen molar-refractivity contribution in [3.05, 3.63) is 29.1 Å². The van der Waals surface area contributed by atoms with Crippen LogP contribution in [0.1, 0.15) is 25.0 Å². The van der Waals surface area contributed by atoms with Gasteiger partial charge >= 0.3 is 0 Å². The summed E-state index contributed by atoms with van der Waals surface area (Å²) in [7, 11) is 2.99. The Kier molecular flexibility index (Phi) is 4.48. The van der Waals surface area contributed by atoms with Crippen LogP contribution in [0, 0.1) is 5.82 Å². The fourth-order valence-corrected chi connectivity index (χ4v) is 1.68. The predicted molar refractivity (Wildman–Crippen MR) is 63.8 cm³/mol. The highest BCUT2D eigenvalue weighted by Crippen LogP contribution is 2.32. The summed E-state index contributed by atoms with van der Waals surface area (Å²) >= 11 is 0. The number of rotatable bonds is 5. The summed E-state index contributed by atoms with van der Waals surface area (Å²) in [6.07, 6.45) is 0. The first-order valence-corrected chi connectivity index (χ1v) is 5.43. The Morgan fingerprint density at radius 3 is 2.41 bits per heavy atom. The van der Waals surface area contributed by atoms with Crippen molar-refractivity contribution in [2.45, 2.75) is 25.9 Å². The van der Waals surface area contributed by atoms with E-state index in [-0.39, 0.29) is 19.0 Å². The number of aliphatic hydroxyl groups is 1. The minimum Gasteiger partial charge on any atom is -0.496 e. The van der Waals surface area contributed by atoms with Gasteiger partial charge in [-0.2, -0.15) is 0 Å². The number of benzene rings is 1. The van der Waals surface area contributed by atoms with Gasteiger partial charge in [0.05, 0.1) is 25.9 Å². The first-order valence-electron chi connectivity index (χ1n) is 5.43. The Morgan fingerprint density at radius 2 is 1.94 bits per heavy atom. The molecule has 4 heteroatoms. The predicted octanol–water partition coefficient (Wildman–Crippen LogP) is 2.25. The monoisotopic (exact) mass is 242 g/mol. The van der Waals surface area contributed by atoms with Crippen molar-refractivity contribution in [1.82, 2.24) is 0 Å². The third kappa shape index (κ3) is 2.76. The van der Waals surface area contributed by atoms with Crippen molar-refractivity contribution in [3.8, 4) is 5.75 Å². The second-order valence-electron chi connectivity index (χ2n) is 4.58. The van der Waals surface area contributed by atoms with E-state index >= 15 is 0 Å². The van der Waals surface area contributed by atoms with Crippen LogP contribution in [-0.2, 0) is 16.8 Å². The minimum absolute atomic E-state index is 0.122. The fourth-order valence-electron chi connectivity index (χ4n) is 1.68. The zero-order valence-electron chi connectivity index (χ0n) is 10.7. The standard InChI is InChI=1S/C13H19FO3/c1-13(2,8-15)10-5-6-11(17-4)9(7-16-3)12(10)14/h5-6,15H,7-8H2,1-4H3. The molecule has 0 aliphatic carbocycles. The normalized spacial score (nSPS) is 11.6. The molecule has 17 heavy (non-hydrogen) atoms. The highest BCUT2D eigenvalue weighted by atomic mass is 19.1. The van der Waals surface area contributed by atoms with Crippen LogP contribution in [0.2, 0.25) is 0 Å². The number of hydrogen-bond donors (Lipinski definition) is 1. The van der Waals surface area contributed by atoms with Gasteiger partial charge in [-0.3, -0.25) is 0 Å². The van der Waals surface area contributed by atoms with Crippen LogP contribution in [0.4, 0.5) is 4.39 Å². The minimum atomic E-state index is -0.626. The highest BCUT2D eigenvalue weighted by Gasteiger charge is 2.26. The van der Waals surface area contributed by atoms with E-state index in [2.05, 4.69) is 0 Å². The van der Waals surface area contributed by atoms with E-state index in [9.17, 15) is 9.50 Å². The van der Waals surface area contributed by atoms with E-state index in [4.69, 9.17) is 9.47 Å². The van der Waals surface area contributed by atoms with Gasteiger partial charge in [0.1, 0.15) is 11.6 Å². The molecule has 0 saturated heterocycles. The van der Waals surface area contributed by atoms with E-state index < -0.39 is 5.41 Å². The molecule has 1 aromatic rings. The third-order valence-electron chi connectivity index (χ3n) is 2.83. The quantitative estimate of drug-likeness (QED) is 0.860. The Hall–Kier alpha value is -1.13. The van der Waals surface area contributed by atoms with Crippen LogP contribution in [0.3, 0.4) is 0 Å². The fraction of sp³-hybridized carbons (Fsp3) is 0.538. The molecule has 0 amide bonds. The Bertz CT molecular complexity index is 388. The SMILES string of the molecule is COCc1c(OC)ccc(C(C)(C)CO)c1F. The summed E-state index contributed by atoms with van der Waals surface area (Å²) in [5.74, 6) is 0.0899. The van der Waals surface area contributed by atoms with E-state index in [0.29, 0.717) is 16.9 Å². The largest absolute Gasteiger partial charge is 0.496 e. The van der Waals surface area contributed by atoms with E-state index in [1.165, 1.54) is 14.2 Å². The van der Waals surface area contributed by atoms with Crippen molar-refractivity contribution >= 4 is 0 Å². The number of aliphatic hydroxyl groups excluding tert-OH is 1. The van der Waals surface area contributed by atoms with Gasteiger partial charge in [0.25, 0.3) is 0 Å². The Morgan fingerprint density at radius 1 is 1.29 bits per heavy atom. The average molecular weight is 242 g/mol. The molecule has 0 saturated carbocycles. The molecule has 0 aromatic heterocycles. The molecule has 0 radical (unpaired) electrons. The molecular formula is C13H19FO3. The summed E-state index contributed by atoms with van der Waals surface area (Å²) in [5.41, 5.74) is 0.223. The molecule has 1 N–H and O–H groups in total. The molecule has 0 bridgehead atoms. The Labute approximate surface area is 101 Å². The zero-order chi connectivity index (χ0) is 13.1. The number of ether oxygens (including phenoxy) is 2. The van der Waals surface area contributed by atoms with Gasteiger partial charge in [-0.25, -0.2) is 4.39 Å². The molecule has 0 fully saturated rings. The van der Waals surface area contributed by atoms with Crippen molar-refractivity contribution < 1.29 is 19.0 Å².